The number of nitrogens with zero attached hydrogens (tertiary/aromatic N) is 1. The third-order valence-electron chi connectivity index (χ3n) is 5.62. The number of carbonyl (C=O) groups is 2. The summed E-state index contributed by atoms with van der Waals surface area (Å²) in [5, 5.41) is 9.73. The Balaban J connectivity index is 1.86. The highest BCUT2D eigenvalue weighted by Crippen LogP contribution is 2.48. The average Bonchev–Trinajstić information content (AvgIpc) is 3.09. The molecule has 2 atom stereocenters. The predicted molar refractivity (Wildman–Crippen MR) is 70.1 cm³/mol. The van der Waals surface area contributed by atoms with Gasteiger partial charge in [0.25, 0.3) is 0 Å². The molecule has 0 aromatic rings. The monoisotopic (exact) mass is 265 g/mol. The van der Waals surface area contributed by atoms with E-state index in [-0.39, 0.29) is 30.3 Å². The van der Waals surface area contributed by atoms with Crippen molar-refractivity contribution in [3.05, 3.63) is 0 Å². The van der Waals surface area contributed by atoms with E-state index in [0.717, 1.165) is 44.9 Å². The number of carbonyl (C=O) groups excluding carboxylic acids is 2. The van der Waals surface area contributed by atoms with Crippen LogP contribution in [0.25, 0.3) is 0 Å². The number of imide groups is 1. The molecule has 3 rings (SSSR count). The molecule has 2 amide bonds. The van der Waals surface area contributed by atoms with E-state index in [9.17, 15) is 14.7 Å². The molecule has 4 nitrogen and oxygen atoms in total. The SMILES string of the molecule is CCC1CC2C(=O)N(C3(CO)CCCC3)C(=O)C2C1. The van der Waals surface area contributed by atoms with E-state index >= 15 is 0 Å². The highest BCUT2D eigenvalue weighted by molar-refractivity contribution is 6.06. The fourth-order valence-corrected chi connectivity index (χ4v) is 4.42. The Morgan fingerprint density at radius 3 is 2.11 bits per heavy atom. The van der Waals surface area contributed by atoms with Crippen LogP contribution in [0.5, 0.6) is 0 Å². The second-order valence-electron chi connectivity index (χ2n) is 6.56. The molecule has 1 aliphatic heterocycles. The lowest BCUT2D eigenvalue weighted by Crippen LogP contribution is -2.53. The molecule has 0 aromatic heterocycles. The predicted octanol–water partition coefficient (Wildman–Crippen LogP) is 1.71. The second kappa shape index (κ2) is 4.58. The van der Waals surface area contributed by atoms with Gasteiger partial charge in [0.05, 0.1) is 24.0 Å². The number of rotatable bonds is 3. The minimum Gasteiger partial charge on any atom is -0.394 e. The number of amides is 2. The van der Waals surface area contributed by atoms with Gasteiger partial charge in [0.15, 0.2) is 0 Å². The van der Waals surface area contributed by atoms with Gasteiger partial charge in [-0.1, -0.05) is 26.2 Å². The van der Waals surface area contributed by atoms with E-state index in [4.69, 9.17) is 0 Å². The highest BCUT2D eigenvalue weighted by atomic mass is 16.3. The molecule has 1 N–H and O–H groups in total. The molecule has 0 aromatic carbocycles. The molecule has 4 heteroatoms. The Bertz CT molecular complexity index is 376. The maximum Gasteiger partial charge on any atom is 0.233 e. The summed E-state index contributed by atoms with van der Waals surface area (Å²) in [7, 11) is 0. The Kier molecular flexibility index (Phi) is 3.16. The third kappa shape index (κ3) is 1.76. The first-order valence-corrected chi connectivity index (χ1v) is 7.61. The minimum absolute atomic E-state index is 0.00176. The lowest BCUT2D eigenvalue weighted by molar-refractivity contribution is -0.150. The number of hydrogen-bond donors (Lipinski definition) is 1. The molecule has 1 saturated heterocycles. The largest absolute Gasteiger partial charge is 0.394 e. The summed E-state index contributed by atoms with van der Waals surface area (Å²) in [4.78, 5) is 26.7. The number of aliphatic hydroxyl groups is 1. The standard InChI is InChI=1S/C15H23NO3/c1-2-10-7-11-12(8-10)14(19)16(13(11)18)15(9-17)5-3-4-6-15/h10-12,17H,2-9H2,1H3. The zero-order valence-electron chi connectivity index (χ0n) is 11.6. The zero-order valence-corrected chi connectivity index (χ0v) is 11.6. The van der Waals surface area contributed by atoms with Crippen molar-refractivity contribution in [1.82, 2.24) is 4.90 Å². The van der Waals surface area contributed by atoms with Crippen molar-refractivity contribution in [3.8, 4) is 0 Å². The average molecular weight is 265 g/mol. The van der Waals surface area contributed by atoms with Gasteiger partial charge in [-0.3, -0.25) is 14.5 Å². The van der Waals surface area contributed by atoms with Crippen molar-refractivity contribution in [2.24, 2.45) is 17.8 Å². The summed E-state index contributed by atoms with van der Waals surface area (Å²) in [5.41, 5.74) is -0.569. The summed E-state index contributed by atoms with van der Waals surface area (Å²) in [5.74, 6) is 0.338. The molecule has 1 heterocycles. The fraction of sp³-hybridized carbons (Fsp3) is 0.867. The van der Waals surface area contributed by atoms with Crippen LogP contribution in [0.4, 0.5) is 0 Å². The topological polar surface area (TPSA) is 57.6 Å². The van der Waals surface area contributed by atoms with Gasteiger partial charge in [0.2, 0.25) is 11.8 Å². The first kappa shape index (κ1) is 13.1. The normalized spacial score (nSPS) is 37.2. The molecule has 0 radical (unpaired) electrons. The smallest absolute Gasteiger partial charge is 0.233 e. The maximum absolute atomic E-state index is 12.6. The number of likely N-dealkylation sites (tertiary alicyclic amines) is 1. The number of hydrogen-bond acceptors (Lipinski definition) is 3. The van der Waals surface area contributed by atoms with Crippen molar-refractivity contribution >= 4 is 11.8 Å². The van der Waals surface area contributed by atoms with Gasteiger partial charge in [0.1, 0.15) is 0 Å². The molecular formula is C15H23NO3. The molecule has 0 spiro atoms. The van der Waals surface area contributed by atoms with E-state index in [1.807, 2.05) is 0 Å². The van der Waals surface area contributed by atoms with Crippen molar-refractivity contribution in [2.45, 2.75) is 57.4 Å². The van der Waals surface area contributed by atoms with Crippen molar-refractivity contribution in [1.29, 1.82) is 0 Å². The van der Waals surface area contributed by atoms with Gasteiger partial charge in [-0.15, -0.1) is 0 Å². The molecule has 106 valence electrons. The van der Waals surface area contributed by atoms with Gasteiger partial charge in [-0.2, -0.15) is 0 Å². The fourth-order valence-electron chi connectivity index (χ4n) is 4.42. The van der Waals surface area contributed by atoms with Crippen LogP contribution in [0.1, 0.15) is 51.9 Å². The van der Waals surface area contributed by atoms with Crippen LogP contribution in [0.15, 0.2) is 0 Å². The quantitative estimate of drug-likeness (QED) is 0.790. The van der Waals surface area contributed by atoms with Crippen molar-refractivity contribution in [3.63, 3.8) is 0 Å². The Labute approximate surface area is 114 Å². The number of aliphatic hydroxyl groups excluding tert-OH is 1. The zero-order chi connectivity index (χ0) is 13.6. The lowest BCUT2D eigenvalue weighted by atomic mass is 9.95. The van der Waals surface area contributed by atoms with Crippen LogP contribution in [-0.2, 0) is 9.59 Å². The van der Waals surface area contributed by atoms with Gasteiger partial charge < -0.3 is 5.11 Å². The molecular weight excluding hydrogens is 242 g/mol. The molecule has 3 aliphatic rings. The molecule has 2 saturated carbocycles. The van der Waals surface area contributed by atoms with E-state index in [1.165, 1.54) is 4.90 Å². The first-order valence-electron chi connectivity index (χ1n) is 7.61. The summed E-state index contributed by atoms with van der Waals surface area (Å²) in [6, 6.07) is 0. The molecule has 2 unspecified atom stereocenters. The Morgan fingerprint density at radius 2 is 1.68 bits per heavy atom. The molecule has 2 aliphatic carbocycles. The van der Waals surface area contributed by atoms with Crippen LogP contribution in [0.2, 0.25) is 0 Å². The van der Waals surface area contributed by atoms with Gasteiger partial charge in [-0.05, 0) is 31.6 Å². The van der Waals surface area contributed by atoms with E-state index in [2.05, 4.69) is 6.92 Å². The molecule has 3 fully saturated rings. The van der Waals surface area contributed by atoms with Crippen LogP contribution in [-0.4, -0.2) is 34.0 Å². The molecule has 19 heavy (non-hydrogen) atoms. The second-order valence-corrected chi connectivity index (χ2v) is 6.56. The van der Waals surface area contributed by atoms with Crippen LogP contribution < -0.4 is 0 Å². The first-order chi connectivity index (χ1) is 9.13. The summed E-state index contributed by atoms with van der Waals surface area (Å²) >= 11 is 0. The van der Waals surface area contributed by atoms with Gasteiger partial charge in [0, 0.05) is 0 Å². The van der Waals surface area contributed by atoms with Crippen molar-refractivity contribution in [2.75, 3.05) is 6.61 Å². The van der Waals surface area contributed by atoms with E-state index < -0.39 is 5.54 Å². The summed E-state index contributed by atoms with van der Waals surface area (Å²) in [6.45, 7) is 2.06. The summed E-state index contributed by atoms with van der Waals surface area (Å²) < 4.78 is 0. The van der Waals surface area contributed by atoms with Crippen LogP contribution in [0.3, 0.4) is 0 Å². The minimum atomic E-state index is -0.569. The van der Waals surface area contributed by atoms with Crippen LogP contribution >= 0.6 is 0 Å². The Morgan fingerprint density at radius 1 is 1.16 bits per heavy atom. The Hall–Kier alpha value is -0.900. The highest BCUT2D eigenvalue weighted by Gasteiger charge is 2.58. The van der Waals surface area contributed by atoms with E-state index in [0.29, 0.717) is 5.92 Å². The summed E-state index contributed by atoms with van der Waals surface area (Å²) in [6.07, 6.45) is 6.34. The molecule has 0 bridgehead atoms. The van der Waals surface area contributed by atoms with E-state index in [1.54, 1.807) is 0 Å². The maximum atomic E-state index is 12.6. The third-order valence-corrected chi connectivity index (χ3v) is 5.62. The van der Waals surface area contributed by atoms with Gasteiger partial charge in [-0.25, -0.2) is 0 Å². The van der Waals surface area contributed by atoms with Crippen molar-refractivity contribution < 1.29 is 14.7 Å². The number of fused-ring (bicyclic) bond motifs is 1. The van der Waals surface area contributed by atoms with Crippen LogP contribution in [0, 0.1) is 17.8 Å². The lowest BCUT2D eigenvalue weighted by Gasteiger charge is -2.36. The van der Waals surface area contributed by atoms with Gasteiger partial charge >= 0.3 is 0 Å².